The van der Waals surface area contributed by atoms with E-state index in [0.29, 0.717) is 12.1 Å². The number of hydrogen-bond donors (Lipinski definition) is 0. The molecule has 0 atom stereocenters. The zero-order valence-electron chi connectivity index (χ0n) is 22.5. The Balaban J connectivity index is 3.52. The molecule has 0 amide bonds. The van der Waals surface area contributed by atoms with Crippen molar-refractivity contribution in [1.82, 2.24) is 0 Å². The quantitative estimate of drug-likeness (QED) is 0.122. The Kier molecular flexibility index (Phi) is 11.7. The van der Waals surface area contributed by atoms with Gasteiger partial charge < -0.3 is 0 Å². The molecule has 0 bridgehead atoms. The second-order valence-corrected chi connectivity index (χ2v) is 12.3. The lowest BCUT2D eigenvalue weighted by atomic mass is 9.93. The lowest BCUT2D eigenvalue weighted by molar-refractivity contribution is -0.439. The van der Waals surface area contributed by atoms with Crippen LogP contribution in [0.3, 0.4) is 0 Å². The van der Waals surface area contributed by atoms with Gasteiger partial charge in [0.25, 0.3) is 0 Å². The molecule has 0 aliphatic heterocycles. The molecule has 0 saturated carbocycles. The van der Waals surface area contributed by atoms with Crippen molar-refractivity contribution in [2.75, 3.05) is 12.3 Å². The van der Waals surface area contributed by atoms with Gasteiger partial charge >= 0.3 is 71.6 Å². The third-order valence-electron chi connectivity index (χ3n) is 6.51. The van der Waals surface area contributed by atoms with Gasteiger partial charge in [-0.3, -0.25) is 0 Å². The fourth-order valence-electron chi connectivity index (χ4n) is 3.48. The van der Waals surface area contributed by atoms with Crippen LogP contribution in [0.4, 0.5) is 114 Å². The van der Waals surface area contributed by atoms with Gasteiger partial charge in [0.1, 0.15) is 0 Å². The van der Waals surface area contributed by atoms with Crippen LogP contribution in [0.25, 0.3) is 0 Å². The number of rotatable bonds is 15. The Morgan fingerprint density at radius 2 is 0.571 bits per heavy atom. The SMILES string of the molecule is FC(F)(F)C(F)(F)C(F)(F)C(F)(F)C(F)(F)C(F)(F)CCP(CCC(F)(F)C(F)(F)C(F)(F)C(F)(F)C(F)(F)C(F)(F)F)c1ccccc1. The zero-order chi connectivity index (χ0) is 39.5. The Labute approximate surface area is 255 Å². The van der Waals surface area contributed by atoms with Crippen molar-refractivity contribution in [2.45, 2.75) is 84.4 Å². The highest BCUT2D eigenvalue weighted by molar-refractivity contribution is 7.65. The fourth-order valence-corrected chi connectivity index (χ4v) is 5.91. The molecular weight excluding hydrogens is 789 g/mol. The van der Waals surface area contributed by atoms with Gasteiger partial charge in [0.05, 0.1) is 0 Å². The minimum absolute atomic E-state index is 0.581. The van der Waals surface area contributed by atoms with Gasteiger partial charge in [-0.1, -0.05) is 38.3 Å². The van der Waals surface area contributed by atoms with Crippen molar-refractivity contribution in [2.24, 2.45) is 0 Å². The highest BCUT2D eigenvalue weighted by Crippen LogP contribution is 2.63. The molecule has 0 unspecified atom stereocenters. The van der Waals surface area contributed by atoms with Gasteiger partial charge in [0.15, 0.2) is 0 Å². The maximum absolute atomic E-state index is 14.3. The number of hydrogen-bond acceptors (Lipinski definition) is 0. The van der Waals surface area contributed by atoms with E-state index in [1.165, 1.54) is 0 Å². The van der Waals surface area contributed by atoms with Crippen LogP contribution in [0.2, 0.25) is 0 Å². The number of alkyl halides is 26. The monoisotopic (exact) mass is 802 g/mol. The van der Waals surface area contributed by atoms with Crippen LogP contribution in [0.15, 0.2) is 30.3 Å². The molecule has 0 nitrogen and oxygen atoms in total. The molecule has 0 radical (unpaired) electrons. The maximum Gasteiger partial charge on any atom is 0.460 e. The summed E-state index contributed by atoms with van der Waals surface area (Å²) < 4.78 is 347. The molecule has 0 spiro atoms. The summed E-state index contributed by atoms with van der Waals surface area (Å²) in [5, 5.41) is -0.780. The first-order valence-electron chi connectivity index (χ1n) is 11.9. The summed E-state index contributed by atoms with van der Waals surface area (Å²) in [6.45, 7) is 0. The Bertz CT molecular complexity index is 1180. The van der Waals surface area contributed by atoms with E-state index in [9.17, 15) is 114 Å². The van der Waals surface area contributed by atoms with Crippen LogP contribution in [-0.2, 0) is 0 Å². The largest absolute Gasteiger partial charge is 0.460 e. The summed E-state index contributed by atoms with van der Waals surface area (Å²) in [5.41, 5.74) is 0. The van der Waals surface area contributed by atoms with Crippen LogP contribution >= 0.6 is 7.92 Å². The molecule has 49 heavy (non-hydrogen) atoms. The predicted octanol–water partition coefficient (Wildman–Crippen LogP) is 11.1. The van der Waals surface area contributed by atoms with E-state index in [0.717, 1.165) is 18.2 Å². The van der Waals surface area contributed by atoms with E-state index in [1.54, 1.807) is 0 Å². The van der Waals surface area contributed by atoms with E-state index < -0.39 is 110 Å². The second-order valence-electron chi connectivity index (χ2n) is 9.82. The summed E-state index contributed by atoms with van der Waals surface area (Å²) in [7, 11) is -3.44. The van der Waals surface area contributed by atoms with Gasteiger partial charge in [-0.2, -0.15) is 114 Å². The molecule has 0 saturated heterocycles. The van der Waals surface area contributed by atoms with E-state index in [-0.39, 0.29) is 0 Å². The van der Waals surface area contributed by atoms with Gasteiger partial charge in [0, 0.05) is 12.8 Å². The second kappa shape index (κ2) is 12.8. The normalized spacial score (nSPS) is 16.1. The van der Waals surface area contributed by atoms with E-state index in [2.05, 4.69) is 0 Å². The predicted molar refractivity (Wildman–Crippen MR) is 114 cm³/mol. The van der Waals surface area contributed by atoms with Crippen molar-refractivity contribution in [3.8, 4) is 0 Å². The number of halogens is 26. The first-order chi connectivity index (χ1) is 21.2. The topological polar surface area (TPSA) is 0 Å². The fraction of sp³-hybridized carbons (Fsp3) is 0.727. The summed E-state index contributed by atoms with van der Waals surface area (Å²) in [5.74, 6) is -78.9. The van der Waals surface area contributed by atoms with Gasteiger partial charge in [-0.25, -0.2) is 0 Å². The molecular formula is C22H13F26P. The Morgan fingerprint density at radius 1 is 0.327 bits per heavy atom. The molecule has 1 aromatic rings. The van der Waals surface area contributed by atoms with Crippen molar-refractivity contribution < 1.29 is 114 Å². The van der Waals surface area contributed by atoms with Crippen LogP contribution in [0.1, 0.15) is 12.8 Å². The van der Waals surface area contributed by atoms with E-state index in [1.807, 2.05) is 0 Å². The van der Waals surface area contributed by atoms with E-state index in [4.69, 9.17) is 0 Å². The molecule has 288 valence electrons. The molecule has 0 N–H and O–H groups in total. The lowest BCUT2D eigenvalue weighted by Crippen LogP contribution is -2.70. The third kappa shape index (κ3) is 7.04. The molecule has 1 aromatic carbocycles. The smallest absolute Gasteiger partial charge is 0.200 e. The molecule has 1 rings (SSSR count). The number of benzene rings is 1. The average molecular weight is 802 g/mol. The summed E-state index contributed by atoms with van der Waals surface area (Å²) in [4.78, 5) is 0. The minimum Gasteiger partial charge on any atom is -0.200 e. The Morgan fingerprint density at radius 3 is 0.816 bits per heavy atom. The molecule has 0 fully saturated rings. The van der Waals surface area contributed by atoms with Gasteiger partial charge in [0.2, 0.25) is 0 Å². The summed E-state index contributed by atoms with van der Waals surface area (Å²) in [6, 6.07) is 3.70. The van der Waals surface area contributed by atoms with Crippen molar-refractivity contribution in [1.29, 1.82) is 0 Å². The highest BCUT2D eigenvalue weighted by Gasteiger charge is 2.92. The van der Waals surface area contributed by atoms with Crippen molar-refractivity contribution >= 4 is 13.2 Å². The average Bonchev–Trinajstić information content (AvgIpc) is 2.91. The molecule has 0 aliphatic rings. The van der Waals surface area contributed by atoms with Crippen molar-refractivity contribution in [3.63, 3.8) is 0 Å². The standard InChI is InChI=1S/C22H13F26P/c23-11(24,13(27,28)15(31,32)17(35,36)19(39,40)21(43,44)45)6-8-49(10-4-2-1-3-5-10)9-7-12(25,26)14(29,30)16(33,34)18(37,38)20(41,42)22(46,47)48/h1-5H,6-9H2. The van der Waals surface area contributed by atoms with Crippen molar-refractivity contribution in [3.05, 3.63) is 30.3 Å². The van der Waals surface area contributed by atoms with Crippen LogP contribution < -0.4 is 5.30 Å². The van der Waals surface area contributed by atoms with Gasteiger partial charge in [-0.05, 0) is 17.6 Å². The van der Waals surface area contributed by atoms with E-state index >= 15 is 0 Å². The minimum atomic E-state index is -8.33. The molecule has 0 heterocycles. The Hall–Kier alpha value is -2.17. The third-order valence-corrected chi connectivity index (χ3v) is 9.06. The van der Waals surface area contributed by atoms with Crippen LogP contribution in [0.5, 0.6) is 0 Å². The maximum atomic E-state index is 14.3. The van der Waals surface area contributed by atoms with Crippen LogP contribution in [0, 0.1) is 0 Å². The summed E-state index contributed by atoms with van der Waals surface area (Å²) in [6.07, 6.45) is -25.9. The molecule has 0 aromatic heterocycles. The summed E-state index contributed by atoms with van der Waals surface area (Å²) >= 11 is 0. The first-order valence-corrected chi connectivity index (χ1v) is 13.6. The zero-order valence-corrected chi connectivity index (χ0v) is 23.4. The lowest BCUT2D eigenvalue weighted by Gasteiger charge is -2.40. The van der Waals surface area contributed by atoms with Crippen LogP contribution in [-0.4, -0.2) is 83.9 Å². The molecule has 0 aliphatic carbocycles. The first kappa shape index (κ1) is 44.9. The highest BCUT2D eigenvalue weighted by atomic mass is 31.1. The van der Waals surface area contributed by atoms with Gasteiger partial charge in [-0.15, -0.1) is 0 Å². The molecule has 27 heteroatoms.